The minimum atomic E-state index is -1.16. The van der Waals surface area contributed by atoms with E-state index in [-0.39, 0.29) is 17.4 Å². The third kappa shape index (κ3) is 5.99. The van der Waals surface area contributed by atoms with E-state index in [0.29, 0.717) is 0 Å². The van der Waals surface area contributed by atoms with Gasteiger partial charge < -0.3 is 15.4 Å². The van der Waals surface area contributed by atoms with Crippen molar-refractivity contribution in [1.29, 1.82) is 0 Å². The quantitative estimate of drug-likeness (QED) is 0.247. The van der Waals surface area contributed by atoms with Crippen LogP contribution < -0.4 is 5.73 Å². The van der Waals surface area contributed by atoms with Gasteiger partial charge in [0, 0.05) is 0 Å². The molecule has 0 saturated carbocycles. The normalized spacial score (nSPS) is 16.0. The van der Waals surface area contributed by atoms with E-state index in [4.69, 9.17) is 15.4 Å². The largest absolute Gasteiger partial charge is 0.410 e. The van der Waals surface area contributed by atoms with E-state index in [1.165, 1.54) is 0 Å². The first kappa shape index (κ1) is 13.4. The van der Waals surface area contributed by atoms with Crippen molar-refractivity contribution in [2.75, 3.05) is 0 Å². The lowest BCUT2D eigenvalue weighted by Crippen LogP contribution is -2.37. The molecule has 0 heterocycles. The molecule has 0 spiro atoms. The predicted molar refractivity (Wildman–Crippen MR) is 61.2 cm³/mol. The summed E-state index contributed by atoms with van der Waals surface area (Å²) in [5, 5.41) is 11.6. The van der Waals surface area contributed by atoms with Crippen molar-refractivity contribution >= 4 is 14.9 Å². The maximum Gasteiger partial charge on any atom is 0.171 e. The maximum absolute atomic E-state index is 8.61. The fourth-order valence-electron chi connectivity index (χ4n) is 1.17. The number of hydrogen-bond donors (Lipinski definition) is 2. The first-order chi connectivity index (χ1) is 6.26. The molecule has 0 rings (SSSR count). The minimum Gasteiger partial charge on any atom is -0.410 e. The van der Waals surface area contributed by atoms with Crippen LogP contribution in [0.4, 0.5) is 0 Å². The van der Waals surface area contributed by atoms with E-state index in [0.717, 1.165) is 6.42 Å². The number of nitrogens with two attached hydrogens (primary N) is 1. The summed E-state index contributed by atoms with van der Waals surface area (Å²) >= 11 is 0. The molecule has 0 aliphatic rings. The third-order valence-corrected chi connectivity index (χ3v) is 2.55. The number of oxime groups is 1. The van der Waals surface area contributed by atoms with Gasteiger partial charge in [0.15, 0.2) is 14.9 Å². The molecule has 4 nitrogen and oxygen atoms in total. The third-order valence-electron chi connectivity index (χ3n) is 1.68. The highest BCUT2D eigenvalue weighted by Gasteiger charge is 2.23. The van der Waals surface area contributed by atoms with Gasteiger partial charge in [-0.05, 0) is 24.9 Å². The lowest BCUT2D eigenvalue weighted by atomic mass is 9.89. The second kappa shape index (κ2) is 5.36. The van der Waals surface area contributed by atoms with Gasteiger partial charge in [0.05, 0.1) is 0 Å². The Balaban J connectivity index is 4.41. The van der Waals surface area contributed by atoms with Gasteiger partial charge in [-0.25, -0.2) is 0 Å². The van der Waals surface area contributed by atoms with Crippen LogP contribution in [0.2, 0.25) is 13.1 Å². The molecule has 3 N–H and O–H groups in total. The molecule has 0 amide bonds. The van der Waals surface area contributed by atoms with Crippen LogP contribution in [-0.2, 0) is 4.43 Å². The first-order valence-electron chi connectivity index (χ1n) is 4.89. The first-order valence-corrected chi connectivity index (χ1v) is 7.67. The summed E-state index contributed by atoms with van der Waals surface area (Å²) in [5.41, 5.74) is 5.68. The molecule has 1 atom stereocenters. The minimum absolute atomic E-state index is 0.114. The zero-order valence-electron chi connectivity index (χ0n) is 9.74. The predicted octanol–water partition coefficient (Wildman–Crippen LogP) is 1.54. The van der Waals surface area contributed by atoms with Gasteiger partial charge in [-0.1, -0.05) is 25.9 Å². The maximum atomic E-state index is 8.61. The highest BCUT2D eigenvalue weighted by atomic mass is 28.3. The SMILES string of the molecule is C[SiH](C)OC(CC(C)(C)C)C(N)=NO. The van der Waals surface area contributed by atoms with Gasteiger partial charge in [-0.2, -0.15) is 0 Å². The topological polar surface area (TPSA) is 67.8 Å². The molecule has 1 unspecified atom stereocenters. The van der Waals surface area contributed by atoms with Crippen LogP contribution in [0.1, 0.15) is 27.2 Å². The summed E-state index contributed by atoms with van der Waals surface area (Å²) in [6.07, 6.45) is 0.528. The molecule has 0 fully saturated rings. The molecular formula is C9H22N2O2Si. The highest BCUT2D eigenvalue weighted by molar-refractivity contribution is 6.48. The Kier molecular flexibility index (Phi) is 5.15. The van der Waals surface area contributed by atoms with E-state index < -0.39 is 9.04 Å². The standard InChI is InChI=1S/C9H22N2O2Si/c1-9(2,3)6-7(8(10)11-12)13-14(4)5/h7,12,14H,6H2,1-5H3,(H2,10,11). The Bertz CT molecular complexity index is 199. The Morgan fingerprint density at radius 3 is 2.29 bits per heavy atom. The Hall–Kier alpha value is -0.553. The fraction of sp³-hybridized carbons (Fsp3) is 0.889. The van der Waals surface area contributed by atoms with Crippen molar-refractivity contribution in [3.05, 3.63) is 0 Å². The van der Waals surface area contributed by atoms with Gasteiger partial charge in [-0.15, -0.1) is 0 Å². The Morgan fingerprint density at radius 1 is 1.50 bits per heavy atom. The number of amidine groups is 1. The van der Waals surface area contributed by atoms with E-state index in [9.17, 15) is 0 Å². The molecule has 0 aliphatic carbocycles. The molecule has 0 aromatic carbocycles. The fourth-order valence-corrected chi connectivity index (χ4v) is 2.06. The zero-order valence-corrected chi connectivity index (χ0v) is 10.9. The molecular weight excluding hydrogens is 196 g/mol. The summed E-state index contributed by atoms with van der Waals surface area (Å²) in [6.45, 7) is 10.5. The lowest BCUT2D eigenvalue weighted by Gasteiger charge is -2.26. The molecule has 84 valence electrons. The van der Waals surface area contributed by atoms with E-state index >= 15 is 0 Å². The average molecular weight is 218 g/mol. The van der Waals surface area contributed by atoms with Crippen LogP contribution in [0.15, 0.2) is 5.16 Å². The van der Waals surface area contributed by atoms with Crippen molar-refractivity contribution < 1.29 is 9.63 Å². The van der Waals surface area contributed by atoms with Crippen molar-refractivity contribution in [3.63, 3.8) is 0 Å². The molecule has 0 radical (unpaired) electrons. The summed E-state index contributed by atoms with van der Waals surface area (Å²) in [6, 6.07) is 0. The van der Waals surface area contributed by atoms with Crippen LogP contribution >= 0.6 is 0 Å². The Morgan fingerprint density at radius 2 is 2.00 bits per heavy atom. The highest BCUT2D eigenvalue weighted by Crippen LogP contribution is 2.22. The number of hydrogen-bond acceptors (Lipinski definition) is 3. The molecule has 0 saturated heterocycles. The molecule has 0 bridgehead atoms. The Labute approximate surface area is 87.9 Å². The smallest absolute Gasteiger partial charge is 0.171 e. The summed E-state index contributed by atoms with van der Waals surface area (Å²) in [7, 11) is -1.16. The molecule has 14 heavy (non-hydrogen) atoms. The van der Waals surface area contributed by atoms with E-state index in [1.807, 2.05) is 0 Å². The lowest BCUT2D eigenvalue weighted by molar-refractivity contribution is 0.192. The van der Waals surface area contributed by atoms with Gasteiger partial charge >= 0.3 is 0 Å². The second-order valence-corrected chi connectivity index (χ2v) is 7.33. The van der Waals surface area contributed by atoms with Crippen molar-refractivity contribution in [1.82, 2.24) is 0 Å². The summed E-state index contributed by atoms with van der Waals surface area (Å²) in [5.74, 6) is 0.182. The molecule has 5 heteroatoms. The van der Waals surface area contributed by atoms with Gasteiger partial charge in [0.25, 0.3) is 0 Å². The van der Waals surface area contributed by atoms with Crippen LogP contribution in [0.3, 0.4) is 0 Å². The second-order valence-electron chi connectivity index (χ2n) is 4.96. The van der Waals surface area contributed by atoms with Crippen LogP contribution in [0.25, 0.3) is 0 Å². The average Bonchev–Trinajstić information content (AvgIpc) is 1.98. The van der Waals surface area contributed by atoms with Gasteiger partial charge in [0.1, 0.15) is 6.10 Å². The monoisotopic (exact) mass is 218 g/mol. The van der Waals surface area contributed by atoms with E-state index in [1.54, 1.807) is 0 Å². The van der Waals surface area contributed by atoms with Crippen molar-refractivity contribution in [2.24, 2.45) is 16.3 Å². The van der Waals surface area contributed by atoms with Crippen LogP contribution in [0.5, 0.6) is 0 Å². The number of rotatable bonds is 4. The van der Waals surface area contributed by atoms with Gasteiger partial charge in [-0.3, -0.25) is 0 Å². The van der Waals surface area contributed by atoms with Crippen molar-refractivity contribution in [3.8, 4) is 0 Å². The van der Waals surface area contributed by atoms with Gasteiger partial charge in [0.2, 0.25) is 0 Å². The van der Waals surface area contributed by atoms with Crippen LogP contribution in [-0.4, -0.2) is 26.2 Å². The summed E-state index contributed by atoms with van der Waals surface area (Å²) in [4.78, 5) is 0. The van der Waals surface area contributed by atoms with Crippen molar-refractivity contribution in [2.45, 2.75) is 46.4 Å². The molecule has 0 aliphatic heterocycles. The van der Waals surface area contributed by atoms with Crippen LogP contribution in [0, 0.1) is 5.41 Å². The molecule has 0 aromatic heterocycles. The van der Waals surface area contributed by atoms with E-state index in [2.05, 4.69) is 39.0 Å². The number of nitrogens with zero attached hydrogens (tertiary/aromatic N) is 1. The molecule has 0 aromatic rings. The zero-order chi connectivity index (χ0) is 11.4. The summed E-state index contributed by atoms with van der Waals surface area (Å²) < 4.78 is 5.70.